The molecule has 19 heavy (non-hydrogen) atoms. The smallest absolute Gasteiger partial charge is 0.254 e. The molecule has 0 aliphatic carbocycles. The van der Waals surface area contributed by atoms with Gasteiger partial charge >= 0.3 is 0 Å². The van der Waals surface area contributed by atoms with Crippen LogP contribution in [0.15, 0.2) is 18.2 Å². The Kier molecular flexibility index (Phi) is 6.50. The summed E-state index contributed by atoms with van der Waals surface area (Å²) in [6.45, 7) is 9.57. The number of nitrogens with zero attached hydrogens (tertiary/aromatic N) is 1. The van der Waals surface area contributed by atoms with E-state index in [1.54, 1.807) is 13.0 Å². The molecule has 1 N–H and O–H groups in total. The van der Waals surface area contributed by atoms with Crippen LogP contribution in [0, 0.1) is 12.7 Å². The number of carbonyl (C=O) groups is 1. The second kappa shape index (κ2) is 7.89. The van der Waals surface area contributed by atoms with E-state index >= 15 is 0 Å². The van der Waals surface area contributed by atoms with Crippen LogP contribution in [0.2, 0.25) is 0 Å². The third-order valence-electron chi connectivity index (χ3n) is 3.20. The Balaban J connectivity index is 2.39. The fourth-order valence-electron chi connectivity index (χ4n) is 1.94. The van der Waals surface area contributed by atoms with E-state index in [9.17, 15) is 9.18 Å². The number of benzene rings is 1. The van der Waals surface area contributed by atoms with Crippen LogP contribution in [0.3, 0.4) is 0 Å². The normalized spacial score (nSPS) is 10.8. The Hall–Kier alpha value is -1.42. The van der Waals surface area contributed by atoms with E-state index in [1.165, 1.54) is 12.1 Å². The predicted molar refractivity (Wildman–Crippen MR) is 75.9 cm³/mol. The topological polar surface area (TPSA) is 32.3 Å². The first-order valence-corrected chi connectivity index (χ1v) is 6.85. The molecular formula is C15H23FN2O. The monoisotopic (exact) mass is 266 g/mol. The van der Waals surface area contributed by atoms with Crippen LogP contribution in [0.4, 0.5) is 4.39 Å². The molecule has 0 aliphatic heterocycles. The molecule has 0 aliphatic rings. The lowest BCUT2D eigenvalue weighted by Crippen LogP contribution is -2.30. The second-order valence-electron chi connectivity index (χ2n) is 4.62. The van der Waals surface area contributed by atoms with Crippen molar-refractivity contribution in [1.82, 2.24) is 10.2 Å². The molecule has 106 valence electrons. The molecule has 0 saturated heterocycles. The predicted octanol–water partition coefficient (Wildman–Crippen LogP) is 2.60. The first-order chi connectivity index (χ1) is 9.08. The lowest BCUT2D eigenvalue weighted by molar-refractivity contribution is 0.0948. The summed E-state index contributed by atoms with van der Waals surface area (Å²) in [4.78, 5) is 14.1. The Morgan fingerprint density at radius 3 is 2.58 bits per heavy atom. The van der Waals surface area contributed by atoms with Crippen LogP contribution in [-0.4, -0.2) is 37.0 Å². The van der Waals surface area contributed by atoms with Crippen molar-refractivity contribution in [3.63, 3.8) is 0 Å². The van der Waals surface area contributed by atoms with Gasteiger partial charge in [0.2, 0.25) is 0 Å². The number of aryl methyl sites for hydroxylation is 1. The molecule has 1 amide bonds. The quantitative estimate of drug-likeness (QED) is 0.769. The highest BCUT2D eigenvalue weighted by Gasteiger charge is 2.10. The molecule has 0 saturated carbocycles. The molecule has 0 fully saturated rings. The van der Waals surface area contributed by atoms with E-state index < -0.39 is 5.82 Å². The van der Waals surface area contributed by atoms with Gasteiger partial charge in [-0.3, -0.25) is 4.79 Å². The van der Waals surface area contributed by atoms with E-state index in [0.29, 0.717) is 6.54 Å². The van der Waals surface area contributed by atoms with E-state index in [0.717, 1.165) is 31.6 Å². The fourth-order valence-corrected chi connectivity index (χ4v) is 1.94. The molecule has 1 aromatic rings. The van der Waals surface area contributed by atoms with Crippen molar-refractivity contribution < 1.29 is 9.18 Å². The van der Waals surface area contributed by atoms with Gasteiger partial charge in [-0.2, -0.15) is 0 Å². The Labute approximate surface area is 114 Å². The lowest BCUT2D eigenvalue weighted by atomic mass is 10.1. The maximum absolute atomic E-state index is 13.6. The molecule has 0 unspecified atom stereocenters. The summed E-state index contributed by atoms with van der Waals surface area (Å²) in [5.41, 5.74) is 0.934. The van der Waals surface area contributed by atoms with Crippen molar-refractivity contribution in [2.24, 2.45) is 0 Å². The molecule has 0 heterocycles. The third-order valence-corrected chi connectivity index (χ3v) is 3.20. The minimum absolute atomic E-state index is 0.119. The molecule has 4 heteroatoms. The van der Waals surface area contributed by atoms with Crippen molar-refractivity contribution in [1.29, 1.82) is 0 Å². The number of amides is 1. The molecule has 1 aromatic carbocycles. The zero-order valence-electron chi connectivity index (χ0n) is 12.0. The lowest BCUT2D eigenvalue weighted by Gasteiger charge is -2.17. The average molecular weight is 266 g/mol. The molecular weight excluding hydrogens is 243 g/mol. The Morgan fingerprint density at radius 2 is 2.00 bits per heavy atom. The van der Waals surface area contributed by atoms with Crippen LogP contribution in [-0.2, 0) is 0 Å². The number of nitrogens with one attached hydrogen (secondary N) is 1. The number of carbonyl (C=O) groups excluding carboxylic acids is 1. The van der Waals surface area contributed by atoms with Gasteiger partial charge < -0.3 is 10.2 Å². The molecule has 0 spiro atoms. The zero-order valence-corrected chi connectivity index (χ0v) is 12.0. The summed E-state index contributed by atoms with van der Waals surface area (Å²) in [7, 11) is 0. The fraction of sp³-hybridized carbons (Fsp3) is 0.533. The summed E-state index contributed by atoms with van der Waals surface area (Å²) in [6, 6.07) is 4.66. The van der Waals surface area contributed by atoms with Gasteiger partial charge in [-0.05, 0) is 50.7 Å². The van der Waals surface area contributed by atoms with Crippen LogP contribution < -0.4 is 5.32 Å². The van der Waals surface area contributed by atoms with Crippen LogP contribution >= 0.6 is 0 Å². The summed E-state index contributed by atoms with van der Waals surface area (Å²) in [5.74, 6) is -0.793. The molecule has 0 radical (unpaired) electrons. The van der Waals surface area contributed by atoms with Gasteiger partial charge in [0.1, 0.15) is 5.82 Å². The van der Waals surface area contributed by atoms with Crippen molar-refractivity contribution in [2.75, 3.05) is 26.2 Å². The van der Waals surface area contributed by atoms with Crippen LogP contribution in [0.1, 0.15) is 36.2 Å². The standard InChI is InChI=1S/C15H23FN2O/c1-4-18(5-2)10-6-9-17-15(19)13-8-7-12(3)11-14(13)16/h7-8,11H,4-6,9-10H2,1-3H3,(H,17,19). The number of hydrogen-bond donors (Lipinski definition) is 1. The Bertz CT molecular complexity index is 417. The molecule has 0 bridgehead atoms. The first-order valence-electron chi connectivity index (χ1n) is 6.85. The van der Waals surface area contributed by atoms with Gasteiger partial charge in [-0.15, -0.1) is 0 Å². The average Bonchev–Trinajstić information content (AvgIpc) is 2.38. The first kappa shape index (κ1) is 15.6. The highest BCUT2D eigenvalue weighted by Crippen LogP contribution is 2.09. The van der Waals surface area contributed by atoms with E-state index in [2.05, 4.69) is 24.1 Å². The maximum atomic E-state index is 13.6. The third kappa shape index (κ3) is 4.99. The summed E-state index contributed by atoms with van der Waals surface area (Å²) >= 11 is 0. The number of halogens is 1. The highest BCUT2D eigenvalue weighted by atomic mass is 19.1. The van der Waals surface area contributed by atoms with Gasteiger partial charge in [0, 0.05) is 6.54 Å². The number of rotatable bonds is 7. The largest absolute Gasteiger partial charge is 0.352 e. The van der Waals surface area contributed by atoms with Crippen molar-refractivity contribution in [2.45, 2.75) is 27.2 Å². The Morgan fingerprint density at radius 1 is 1.32 bits per heavy atom. The van der Waals surface area contributed by atoms with Gasteiger partial charge in [0.05, 0.1) is 5.56 Å². The second-order valence-corrected chi connectivity index (χ2v) is 4.62. The van der Waals surface area contributed by atoms with Crippen molar-refractivity contribution >= 4 is 5.91 Å². The van der Waals surface area contributed by atoms with E-state index in [1.807, 2.05) is 0 Å². The number of hydrogen-bond acceptors (Lipinski definition) is 2. The molecule has 3 nitrogen and oxygen atoms in total. The minimum Gasteiger partial charge on any atom is -0.352 e. The van der Waals surface area contributed by atoms with Crippen molar-refractivity contribution in [3.05, 3.63) is 35.1 Å². The van der Waals surface area contributed by atoms with Crippen LogP contribution in [0.5, 0.6) is 0 Å². The van der Waals surface area contributed by atoms with Gasteiger partial charge in [0.25, 0.3) is 5.91 Å². The summed E-state index contributed by atoms with van der Waals surface area (Å²) in [6.07, 6.45) is 0.876. The summed E-state index contributed by atoms with van der Waals surface area (Å²) in [5, 5.41) is 2.76. The minimum atomic E-state index is -0.457. The van der Waals surface area contributed by atoms with E-state index in [-0.39, 0.29) is 11.5 Å². The SMILES string of the molecule is CCN(CC)CCCNC(=O)c1ccc(C)cc1F. The zero-order chi connectivity index (χ0) is 14.3. The highest BCUT2D eigenvalue weighted by molar-refractivity contribution is 5.94. The summed E-state index contributed by atoms with van der Waals surface area (Å²) < 4.78 is 13.6. The van der Waals surface area contributed by atoms with Gasteiger partial charge in [-0.25, -0.2) is 4.39 Å². The van der Waals surface area contributed by atoms with Crippen molar-refractivity contribution in [3.8, 4) is 0 Å². The van der Waals surface area contributed by atoms with Gasteiger partial charge in [0.15, 0.2) is 0 Å². The van der Waals surface area contributed by atoms with Gasteiger partial charge in [-0.1, -0.05) is 19.9 Å². The van der Waals surface area contributed by atoms with E-state index in [4.69, 9.17) is 0 Å². The molecule has 0 atom stereocenters. The molecule has 0 aromatic heterocycles. The van der Waals surface area contributed by atoms with Crippen LogP contribution in [0.25, 0.3) is 0 Å². The maximum Gasteiger partial charge on any atom is 0.254 e. The molecule has 1 rings (SSSR count).